The number of carboxylic acid groups (broad SMARTS) is 1. The van der Waals surface area contributed by atoms with Gasteiger partial charge < -0.3 is 10.2 Å². The van der Waals surface area contributed by atoms with Gasteiger partial charge in [0.1, 0.15) is 0 Å². The van der Waals surface area contributed by atoms with Crippen molar-refractivity contribution >= 4 is 11.8 Å². The van der Waals surface area contributed by atoms with Crippen molar-refractivity contribution in [1.29, 1.82) is 0 Å². The summed E-state index contributed by atoms with van der Waals surface area (Å²) >= 11 is 0. The van der Waals surface area contributed by atoms with E-state index in [-0.39, 0.29) is 12.2 Å². The van der Waals surface area contributed by atoms with Crippen LogP contribution in [0.25, 0.3) is 0 Å². The van der Waals surface area contributed by atoms with E-state index in [1.807, 2.05) is 19.1 Å². The molecule has 0 aromatic heterocycles. The molecular formula is C18H30O4. The third-order valence-electron chi connectivity index (χ3n) is 3.35. The molecule has 0 aliphatic rings. The second-order valence-electron chi connectivity index (χ2n) is 5.52. The lowest BCUT2D eigenvalue weighted by molar-refractivity contribution is -0.137. The van der Waals surface area contributed by atoms with E-state index in [2.05, 4.69) is 0 Å². The molecule has 0 radical (unpaired) electrons. The molecule has 0 saturated heterocycles. The lowest BCUT2D eigenvalue weighted by Gasteiger charge is -2.01. The summed E-state index contributed by atoms with van der Waals surface area (Å²) in [7, 11) is 0. The van der Waals surface area contributed by atoms with Gasteiger partial charge in [-0.1, -0.05) is 50.8 Å². The Labute approximate surface area is 133 Å². The molecule has 1 atom stereocenters. The van der Waals surface area contributed by atoms with Crippen LogP contribution in [-0.2, 0) is 9.59 Å². The van der Waals surface area contributed by atoms with E-state index < -0.39 is 12.1 Å². The Bertz CT molecular complexity index is 358. The summed E-state index contributed by atoms with van der Waals surface area (Å²) in [6.07, 6.45) is 14.2. The quantitative estimate of drug-likeness (QED) is 0.288. The third kappa shape index (κ3) is 15.0. The molecule has 4 nitrogen and oxygen atoms in total. The minimum Gasteiger partial charge on any atom is -0.481 e. The van der Waals surface area contributed by atoms with Crippen molar-refractivity contribution in [3.05, 3.63) is 24.3 Å². The molecular weight excluding hydrogens is 280 g/mol. The molecule has 0 spiro atoms. The van der Waals surface area contributed by atoms with E-state index in [4.69, 9.17) is 5.11 Å². The van der Waals surface area contributed by atoms with E-state index >= 15 is 0 Å². The molecule has 0 aliphatic heterocycles. The summed E-state index contributed by atoms with van der Waals surface area (Å²) < 4.78 is 0. The van der Waals surface area contributed by atoms with Gasteiger partial charge in [0.05, 0.1) is 6.10 Å². The van der Waals surface area contributed by atoms with Crippen LogP contribution in [0, 0.1) is 0 Å². The van der Waals surface area contributed by atoms with Crippen molar-refractivity contribution in [3.63, 3.8) is 0 Å². The summed E-state index contributed by atoms with van der Waals surface area (Å²) in [5.74, 6) is -0.672. The molecule has 0 aromatic carbocycles. The van der Waals surface area contributed by atoms with Crippen molar-refractivity contribution in [2.75, 3.05) is 0 Å². The van der Waals surface area contributed by atoms with Gasteiger partial charge in [-0.2, -0.15) is 0 Å². The molecule has 0 bridgehead atoms. The van der Waals surface area contributed by atoms with Gasteiger partial charge in [-0.3, -0.25) is 9.59 Å². The summed E-state index contributed by atoms with van der Waals surface area (Å²) in [6.45, 7) is 2.04. The number of aliphatic hydroxyl groups is 1. The van der Waals surface area contributed by atoms with Crippen LogP contribution in [0.2, 0.25) is 0 Å². The van der Waals surface area contributed by atoms with Crippen LogP contribution < -0.4 is 0 Å². The average Bonchev–Trinajstić information content (AvgIpc) is 2.47. The minimum absolute atomic E-state index is 0.0596. The summed E-state index contributed by atoms with van der Waals surface area (Å²) in [4.78, 5) is 21.9. The van der Waals surface area contributed by atoms with Gasteiger partial charge in [-0.05, 0) is 31.8 Å². The standard InChI is InChI=1S/C18H30O4/c1-2-3-8-11-16(19)14-15-17(20)12-9-6-4-5-7-10-13-18(21)22/h3,8,14-16,19H,2,4-7,9-13H2,1H3,(H,21,22). The zero-order chi connectivity index (χ0) is 16.6. The monoisotopic (exact) mass is 310 g/mol. The van der Waals surface area contributed by atoms with E-state index in [1.54, 1.807) is 6.08 Å². The van der Waals surface area contributed by atoms with Crippen LogP contribution in [0.4, 0.5) is 0 Å². The highest BCUT2D eigenvalue weighted by Gasteiger charge is 2.00. The number of unbranched alkanes of at least 4 members (excludes halogenated alkanes) is 5. The molecule has 0 fully saturated rings. The lowest BCUT2D eigenvalue weighted by Crippen LogP contribution is -2.02. The second-order valence-corrected chi connectivity index (χ2v) is 5.52. The number of aliphatic hydroxyl groups excluding tert-OH is 1. The van der Waals surface area contributed by atoms with Crippen molar-refractivity contribution in [3.8, 4) is 0 Å². The fourth-order valence-corrected chi connectivity index (χ4v) is 2.07. The molecule has 0 saturated carbocycles. The van der Waals surface area contributed by atoms with Gasteiger partial charge in [0.2, 0.25) is 0 Å². The number of carboxylic acids is 1. The number of carbonyl (C=O) groups is 2. The normalized spacial score (nSPS) is 13.0. The molecule has 126 valence electrons. The molecule has 2 N–H and O–H groups in total. The molecule has 4 heteroatoms. The summed E-state index contributed by atoms with van der Waals surface area (Å²) in [6, 6.07) is 0. The summed E-state index contributed by atoms with van der Waals surface area (Å²) in [5, 5.41) is 18.1. The van der Waals surface area contributed by atoms with Gasteiger partial charge in [0.15, 0.2) is 5.78 Å². The number of allylic oxidation sites excluding steroid dienone is 2. The van der Waals surface area contributed by atoms with E-state index in [1.165, 1.54) is 6.08 Å². The minimum atomic E-state index is -0.732. The van der Waals surface area contributed by atoms with Crippen LogP contribution in [0.5, 0.6) is 0 Å². The van der Waals surface area contributed by atoms with Crippen LogP contribution >= 0.6 is 0 Å². The zero-order valence-corrected chi connectivity index (χ0v) is 13.7. The van der Waals surface area contributed by atoms with Crippen LogP contribution in [0.15, 0.2) is 24.3 Å². The molecule has 1 unspecified atom stereocenters. The van der Waals surface area contributed by atoms with Gasteiger partial charge in [0, 0.05) is 12.8 Å². The van der Waals surface area contributed by atoms with Gasteiger partial charge in [0.25, 0.3) is 0 Å². The van der Waals surface area contributed by atoms with Crippen molar-refractivity contribution in [2.45, 2.75) is 77.2 Å². The Morgan fingerprint density at radius 2 is 1.55 bits per heavy atom. The Balaban J connectivity index is 3.53. The van der Waals surface area contributed by atoms with Crippen LogP contribution in [-0.4, -0.2) is 28.1 Å². The Kier molecular flexibility index (Phi) is 13.6. The van der Waals surface area contributed by atoms with Gasteiger partial charge >= 0.3 is 5.97 Å². The highest BCUT2D eigenvalue weighted by molar-refractivity contribution is 5.89. The first-order valence-corrected chi connectivity index (χ1v) is 8.32. The fourth-order valence-electron chi connectivity index (χ4n) is 2.07. The maximum Gasteiger partial charge on any atom is 0.303 e. The topological polar surface area (TPSA) is 74.6 Å². The van der Waals surface area contributed by atoms with Crippen molar-refractivity contribution < 1.29 is 19.8 Å². The second kappa shape index (κ2) is 14.5. The first-order valence-electron chi connectivity index (χ1n) is 8.32. The number of ketones is 1. The number of hydrogen-bond donors (Lipinski definition) is 2. The lowest BCUT2D eigenvalue weighted by atomic mass is 10.1. The number of rotatable bonds is 14. The Morgan fingerprint density at radius 3 is 2.14 bits per heavy atom. The maximum atomic E-state index is 11.6. The number of aliphatic carboxylic acids is 1. The molecule has 0 rings (SSSR count). The molecule has 0 amide bonds. The van der Waals surface area contributed by atoms with Gasteiger partial charge in [-0.15, -0.1) is 0 Å². The highest BCUT2D eigenvalue weighted by Crippen LogP contribution is 2.09. The van der Waals surface area contributed by atoms with E-state index in [0.717, 1.165) is 44.9 Å². The first-order chi connectivity index (χ1) is 10.6. The average molecular weight is 310 g/mol. The third-order valence-corrected chi connectivity index (χ3v) is 3.35. The van der Waals surface area contributed by atoms with E-state index in [0.29, 0.717) is 12.8 Å². The summed E-state index contributed by atoms with van der Waals surface area (Å²) in [5.41, 5.74) is 0. The molecule has 0 aromatic rings. The first kappa shape index (κ1) is 20.6. The fraction of sp³-hybridized carbons (Fsp3) is 0.667. The zero-order valence-electron chi connectivity index (χ0n) is 13.7. The highest BCUT2D eigenvalue weighted by atomic mass is 16.4. The predicted molar refractivity (Wildman–Crippen MR) is 88.8 cm³/mol. The van der Waals surface area contributed by atoms with Crippen LogP contribution in [0.1, 0.15) is 71.1 Å². The van der Waals surface area contributed by atoms with Gasteiger partial charge in [-0.25, -0.2) is 0 Å². The maximum absolute atomic E-state index is 11.6. The molecule has 22 heavy (non-hydrogen) atoms. The van der Waals surface area contributed by atoms with Crippen LogP contribution in [0.3, 0.4) is 0 Å². The smallest absolute Gasteiger partial charge is 0.303 e. The van der Waals surface area contributed by atoms with E-state index in [9.17, 15) is 14.7 Å². The van der Waals surface area contributed by atoms with Crippen molar-refractivity contribution in [2.24, 2.45) is 0 Å². The molecule has 0 aliphatic carbocycles. The largest absolute Gasteiger partial charge is 0.481 e. The number of carbonyl (C=O) groups excluding carboxylic acids is 1. The SMILES string of the molecule is CCC=CCC(O)C=CC(=O)CCCCCCCCC(=O)O. The van der Waals surface area contributed by atoms with Crippen molar-refractivity contribution in [1.82, 2.24) is 0 Å². The Hall–Kier alpha value is -1.42. The predicted octanol–water partition coefficient (Wildman–Crippen LogP) is 4.03. The Morgan fingerprint density at radius 1 is 0.955 bits per heavy atom. The number of hydrogen-bond acceptors (Lipinski definition) is 3. The molecule has 0 heterocycles.